The van der Waals surface area contributed by atoms with Gasteiger partial charge in [-0.05, 0) is 42.3 Å². The summed E-state index contributed by atoms with van der Waals surface area (Å²) in [5.41, 5.74) is 2.84. The zero-order valence-corrected chi connectivity index (χ0v) is 16.8. The van der Waals surface area contributed by atoms with Gasteiger partial charge in [0.1, 0.15) is 0 Å². The number of rotatable bonds is 5. The first-order valence-corrected chi connectivity index (χ1v) is 10.6. The van der Waals surface area contributed by atoms with Gasteiger partial charge in [-0.2, -0.15) is 0 Å². The molecule has 1 saturated heterocycles. The van der Waals surface area contributed by atoms with Crippen LogP contribution in [-0.4, -0.2) is 37.6 Å². The molecule has 1 aliphatic carbocycles. The van der Waals surface area contributed by atoms with E-state index in [0.29, 0.717) is 5.92 Å². The number of nitrogens with zero attached hydrogens (tertiary/aromatic N) is 1. The quantitative estimate of drug-likeness (QED) is 0.696. The molecule has 3 heteroatoms. The van der Waals surface area contributed by atoms with E-state index < -0.39 is 0 Å². The highest BCUT2D eigenvalue weighted by atomic mass is 16.5. The molecule has 2 aromatic rings. The van der Waals surface area contributed by atoms with Gasteiger partial charge < -0.3 is 9.64 Å². The maximum Gasteiger partial charge on any atom is 0.309 e. The fraction of sp³-hybridized carbons (Fsp3) is 0.480. The van der Waals surface area contributed by atoms with E-state index in [1.54, 1.807) is 0 Å². The second kappa shape index (κ2) is 8.48. The Kier molecular flexibility index (Phi) is 5.82. The maximum absolute atomic E-state index is 12.5. The summed E-state index contributed by atoms with van der Waals surface area (Å²) < 4.78 is 5.17. The van der Waals surface area contributed by atoms with Crippen LogP contribution in [0.4, 0.5) is 0 Å². The summed E-state index contributed by atoms with van der Waals surface area (Å²) in [6.07, 6.45) is 5.65. The smallest absolute Gasteiger partial charge is 0.309 e. The molecule has 1 spiro atoms. The van der Waals surface area contributed by atoms with Gasteiger partial charge in [0.25, 0.3) is 0 Å². The average Bonchev–Trinajstić information content (AvgIpc) is 3.15. The fourth-order valence-corrected chi connectivity index (χ4v) is 5.48. The van der Waals surface area contributed by atoms with Crippen molar-refractivity contribution in [3.05, 3.63) is 71.8 Å². The standard InChI is InChI=1S/C25H31NO2/c1-28-24(27)23-14-8-9-15-25(23)16-17-26(19-25)18-22(20-10-4-2-5-11-20)21-12-6-3-7-13-21/h2-7,10-13,22-23H,8-9,14-19H2,1H3/t23-,25-/m0/s1. The van der Waals surface area contributed by atoms with E-state index >= 15 is 0 Å². The Labute approximate surface area is 168 Å². The number of ether oxygens (including phenoxy) is 1. The van der Waals surface area contributed by atoms with E-state index in [0.717, 1.165) is 45.3 Å². The Morgan fingerprint density at radius 3 is 2.29 bits per heavy atom. The zero-order chi connectivity index (χ0) is 19.4. The van der Waals surface area contributed by atoms with Crippen LogP contribution < -0.4 is 0 Å². The van der Waals surface area contributed by atoms with Gasteiger partial charge in [0.15, 0.2) is 0 Å². The van der Waals surface area contributed by atoms with E-state index in [9.17, 15) is 4.79 Å². The Morgan fingerprint density at radius 1 is 1.04 bits per heavy atom. The van der Waals surface area contributed by atoms with Gasteiger partial charge in [0.2, 0.25) is 0 Å². The number of likely N-dealkylation sites (tertiary alicyclic amines) is 1. The SMILES string of the molecule is COC(=O)[C@@H]1CCCC[C@@]12CCN(CC(c1ccccc1)c1ccccc1)C2. The minimum absolute atomic E-state index is 0.00391. The molecule has 1 heterocycles. The molecule has 0 radical (unpaired) electrons. The van der Waals surface area contributed by atoms with Crippen LogP contribution in [-0.2, 0) is 9.53 Å². The summed E-state index contributed by atoms with van der Waals surface area (Å²) in [4.78, 5) is 15.0. The fourth-order valence-electron chi connectivity index (χ4n) is 5.48. The third-order valence-electron chi connectivity index (χ3n) is 6.95. The number of carbonyl (C=O) groups is 1. The van der Waals surface area contributed by atoms with Gasteiger partial charge in [0, 0.05) is 19.0 Å². The summed E-state index contributed by atoms with van der Waals surface area (Å²) >= 11 is 0. The molecule has 0 aromatic heterocycles. The molecule has 1 saturated carbocycles. The molecule has 0 N–H and O–H groups in total. The molecule has 2 aromatic carbocycles. The van der Waals surface area contributed by atoms with Crippen molar-refractivity contribution in [3.8, 4) is 0 Å². The Morgan fingerprint density at radius 2 is 1.68 bits per heavy atom. The first-order chi connectivity index (χ1) is 13.7. The molecule has 1 aliphatic heterocycles. The van der Waals surface area contributed by atoms with Crippen molar-refractivity contribution < 1.29 is 9.53 Å². The van der Waals surface area contributed by atoms with Crippen LogP contribution in [0.25, 0.3) is 0 Å². The van der Waals surface area contributed by atoms with Crippen LogP contribution >= 0.6 is 0 Å². The first-order valence-electron chi connectivity index (χ1n) is 10.6. The van der Waals surface area contributed by atoms with Crippen LogP contribution in [0.15, 0.2) is 60.7 Å². The van der Waals surface area contributed by atoms with E-state index in [1.165, 1.54) is 24.7 Å². The molecular formula is C25H31NO2. The number of carbonyl (C=O) groups excluding carboxylic acids is 1. The lowest BCUT2D eigenvalue weighted by Gasteiger charge is -2.40. The lowest BCUT2D eigenvalue weighted by Crippen LogP contribution is -2.42. The predicted octanol–water partition coefficient (Wildman–Crippen LogP) is 4.87. The largest absolute Gasteiger partial charge is 0.469 e. The predicted molar refractivity (Wildman–Crippen MR) is 112 cm³/mol. The van der Waals surface area contributed by atoms with Gasteiger partial charge >= 0.3 is 5.97 Å². The summed E-state index contributed by atoms with van der Waals surface area (Å²) in [6, 6.07) is 21.6. The van der Waals surface area contributed by atoms with Crippen molar-refractivity contribution in [1.82, 2.24) is 4.90 Å². The highest BCUT2D eigenvalue weighted by Gasteiger charge is 2.49. The molecule has 3 nitrogen and oxygen atoms in total. The average molecular weight is 378 g/mol. The minimum atomic E-state index is 0.00391. The van der Waals surface area contributed by atoms with Gasteiger partial charge in [-0.3, -0.25) is 4.79 Å². The Bertz CT molecular complexity index is 736. The molecule has 148 valence electrons. The first kappa shape index (κ1) is 19.2. The van der Waals surface area contributed by atoms with Crippen molar-refractivity contribution in [2.45, 2.75) is 38.0 Å². The molecule has 4 rings (SSSR count). The second-order valence-corrected chi connectivity index (χ2v) is 8.54. The molecule has 2 aliphatic rings. The van der Waals surface area contributed by atoms with Crippen LogP contribution in [0.3, 0.4) is 0 Å². The molecule has 0 bridgehead atoms. The normalized spacial score (nSPS) is 25.3. The summed E-state index contributed by atoms with van der Waals surface area (Å²) in [5.74, 6) is 0.435. The minimum Gasteiger partial charge on any atom is -0.469 e. The Balaban J connectivity index is 1.55. The van der Waals surface area contributed by atoms with Gasteiger partial charge in [-0.1, -0.05) is 73.5 Å². The number of esters is 1. The molecule has 2 fully saturated rings. The van der Waals surface area contributed by atoms with E-state index in [2.05, 4.69) is 65.6 Å². The molecule has 0 unspecified atom stereocenters. The summed E-state index contributed by atoms with van der Waals surface area (Å²) in [6.45, 7) is 3.09. The lowest BCUT2D eigenvalue weighted by atomic mass is 9.65. The monoisotopic (exact) mass is 377 g/mol. The summed E-state index contributed by atoms with van der Waals surface area (Å²) in [5, 5.41) is 0. The molecule has 28 heavy (non-hydrogen) atoms. The van der Waals surface area contributed by atoms with Crippen LogP contribution in [0.1, 0.15) is 49.1 Å². The van der Waals surface area contributed by atoms with Crippen LogP contribution in [0.5, 0.6) is 0 Å². The number of hydrogen-bond donors (Lipinski definition) is 0. The van der Waals surface area contributed by atoms with Crippen molar-refractivity contribution >= 4 is 5.97 Å². The van der Waals surface area contributed by atoms with Crippen molar-refractivity contribution in [1.29, 1.82) is 0 Å². The van der Waals surface area contributed by atoms with Crippen LogP contribution in [0, 0.1) is 11.3 Å². The third-order valence-corrected chi connectivity index (χ3v) is 6.95. The summed E-state index contributed by atoms with van der Waals surface area (Å²) in [7, 11) is 1.54. The molecule has 2 atom stereocenters. The zero-order valence-electron chi connectivity index (χ0n) is 16.8. The number of methoxy groups -OCH3 is 1. The highest BCUT2D eigenvalue weighted by molar-refractivity contribution is 5.73. The topological polar surface area (TPSA) is 29.5 Å². The third kappa shape index (κ3) is 3.86. The van der Waals surface area contributed by atoms with E-state index in [1.807, 2.05) is 0 Å². The van der Waals surface area contributed by atoms with Gasteiger partial charge in [-0.25, -0.2) is 0 Å². The second-order valence-electron chi connectivity index (χ2n) is 8.54. The van der Waals surface area contributed by atoms with Gasteiger partial charge in [0.05, 0.1) is 13.0 Å². The van der Waals surface area contributed by atoms with E-state index in [4.69, 9.17) is 4.74 Å². The van der Waals surface area contributed by atoms with Crippen molar-refractivity contribution in [2.75, 3.05) is 26.7 Å². The number of benzene rings is 2. The van der Waals surface area contributed by atoms with Gasteiger partial charge in [-0.15, -0.1) is 0 Å². The maximum atomic E-state index is 12.5. The highest BCUT2D eigenvalue weighted by Crippen LogP contribution is 2.48. The van der Waals surface area contributed by atoms with Crippen molar-refractivity contribution in [2.24, 2.45) is 11.3 Å². The van der Waals surface area contributed by atoms with Crippen molar-refractivity contribution in [3.63, 3.8) is 0 Å². The molecule has 0 amide bonds. The van der Waals surface area contributed by atoms with Crippen LogP contribution in [0.2, 0.25) is 0 Å². The lowest BCUT2D eigenvalue weighted by molar-refractivity contribution is -0.152. The van der Waals surface area contributed by atoms with E-state index in [-0.39, 0.29) is 17.3 Å². The number of hydrogen-bond acceptors (Lipinski definition) is 3. The Hall–Kier alpha value is -2.13. The molecular weight excluding hydrogens is 346 g/mol.